The SMILES string of the molecule is Cc1ccc2cc(CN(C)CC(C)(C)O)ccc2c1. The number of fused-ring (bicyclic) bond motifs is 1. The lowest BCUT2D eigenvalue weighted by atomic mass is 10.0. The molecule has 0 saturated carbocycles. The molecule has 19 heavy (non-hydrogen) atoms. The standard InChI is InChI=1S/C17H23NO/c1-13-5-7-16-10-14(6-8-15(16)9-13)11-18(4)12-17(2,3)19/h5-10,19H,11-12H2,1-4H3. The molecule has 1 N–H and O–H groups in total. The van der Waals surface area contributed by atoms with Crippen LogP contribution in [0.25, 0.3) is 10.8 Å². The maximum atomic E-state index is 9.83. The zero-order chi connectivity index (χ0) is 14.0. The first-order valence-corrected chi connectivity index (χ1v) is 6.74. The minimum atomic E-state index is -0.650. The van der Waals surface area contributed by atoms with Gasteiger partial charge in [-0.05, 0) is 50.2 Å². The Morgan fingerprint density at radius 3 is 2.37 bits per heavy atom. The number of nitrogens with zero attached hydrogens (tertiary/aromatic N) is 1. The molecule has 2 rings (SSSR count). The number of hydrogen-bond donors (Lipinski definition) is 1. The van der Waals surface area contributed by atoms with Crippen molar-refractivity contribution in [1.29, 1.82) is 0 Å². The van der Waals surface area contributed by atoms with E-state index in [1.54, 1.807) is 0 Å². The van der Waals surface area contributed by atoms with Gasteiger partial charge in [-0.3, -0.25) is 4.90 Å². The Bertz CT molecular complexity index is 569. The Morgan fingerprint density at radius 2 is 1.68 bits per heavy atom. The first-order chi connectivity index (χ1) is 8.83. The monoisotopic (exact) mass is 257 g/mol. The lowest BCUT2D eigenvalue weighted by Crippen LogP contribution is -2.35. The van der Waals surface area contributed by atoms with Crippen molar-refractivity contribution in [3.05, 3.63) is 47.5 Å². The van der Waals surface area contributed by atoms with Crippen LogP contribution in [-0.4, -0.2) is 29.2 Å². The van der Waals surface area contributed by atoms with Crippen molar-refractivity contribution in [2.24, 2.45) is 0 Å². The molecule has 0 aliphatic rings. The number of rotatable bonds is 4. The number of hydrogen-bond acceptors (Lipinski definition) is 2. The Morgan fingerprint density at radius 1 is 1.05 bits per heavy atom. The van der Waals surface area contributed by atoms with Crippen molar-refractivity contribution in [3.8, 4) is 0 Å². The fraction of sp³-hybridized carbons (Fsp3) is 0.412. The van der Waals surface area contributed by atoms with E-state index in [4.69, 9.17) is 0 Å². The molecule has 0 amide bonds. The molecule has 0 saturated heterocycles. The van der Waals surface area contributed by atoms with Gasteiger partial charge in [0.15, 0.2) is 0 Å². The molecule has 0 aromatic heterocycles. The van der Waals surface area contributed by atoms with Gasteiger partial charge in [-0.25, -0.2) is 0 Å². The largest absolute Gasteiger partial charge is 0.389 e. The molecular formula is C17H23NO. The Balaban J connectivity index is 2.15. The van der Waals surface area contributed by atoms with Gasteiger partial charge in [-0.2, -0.15) is 0 Å². The van der Waals surface area contributed by atoms with Crippen molar-refractivity contribution < 1.29 is 5.11 Å². The fourth-order valence-electron chi connectivity index (χ4n) is 2.54. The lowest BCUT2D eigenvalue weighted by molar-refractivity contribution is 0.0425. The van der Waals surface area contributed by atoms with E-state index in [9.17, 15) is 5.11 Å². The summed E-state index contributed by atoms with van der Waals surface area (Å²) in [6.45, 7) is 7.32. The normalized spacial score (nSPS) is 12.3. The third kappa shape index (κ3) is 4.05. The van der Waals surface area contributed by atoms with Crippen LogP contribution in [0.4, 0.5) is 0 Å². The van der Waals surface area contributed by atoms with Gasteiger partial charge in [0.25, 0.3) is 0 Å². The Kier molecular flexibility index (Phi) is 3.93. The highest BCUT2D eigenvalue weighted by Crippen LogP contribution is 2.19. The van der Waals surface area contributed by atoms with E-state index in [-0.39, 0.29) is 0 Å². The summed E-state index contributed by atoms with van der Waals surface area (Å²) in [5.41, 5.74) is 1.92. The summed E-state index contributed by atoms with van der Waals surface area (Å²) >= 11 is 0. The van der Waals surface area contributed by atoms with Gasteiger partial charge in [-0.15, -0.1) is 0 Å². The summed E-state index contributed by atoms with van der Waals surface area (Å²) in [7, 11) is 2.04. The van der Waals surface area contributed by atoms with Gasteiger partial charge in [0.1, 0.15) is 0 Å². The smallest absolute Gasteiger partial charge is 0.0718 e. The number of aliphatic hydroxyl groups is 1. The molecule has 2 nitrogen and oxygen atoms in total. The third-order valence-corrected chi connectivity index (χ3v) is 3.17. The quantitative estimate of drug-likeness (QED) is 0.908. The molecular weight excluding hydrogens is 234 g/mol. The number of likely N-dealkylation sites (N-methyl/N-ethyl adjacent to an activating group) is 1. The van der Waals surface area contributed by atoms with Gasteiger partial charge >= 0.3 is 0 Å². The Hall–Kier alpha value is -1.38. The summed E-state index contributed by atoms with van der Waals surface area (Å²) < 4.78 is 0. The third-order valence-electron chi connectivity index (χ3n) is 3.17. The van der Waals surface area contributed by atoms with Gasteiger partial charge in [0, 0.05) is 13.1 Å². The topological polar surface area (TPSA) is 23.5 Å². The molecule has 0 unspecified atom stereocenters. The van der Waals surface area contributed by atoms with Crippen LogP contribution in [0.1, 0.15) is 25.0 Å². The Labute approximate surface area is 115 Å². The highest BCUT2D eigenvalue weighted by atomic mass is 16.3. The summed E-state index contributed by atoms with van der Waals surface area (Å²) in [6.07, 6.45) is 0. The van der Waals surface area contributed by atoms with Gasteiger partial charge < -0.3 is 5.11 Å². The molecule has 2 aromatic rings. The number of benzene rings is 2. The van der Waals surface area contributed by atoms with Crippen molar-refractivity contribution in [3.63, 3.8) is 0 Å². The molecule has 102 valence electrons. The molecule has 2 aromatic carbocycles. The van der Waals surface area contributed by atoms with E-state index in [2.05, 4.69) is 48.2 Å². The maximum Gasteiger partial charge on any atom is 0.0718 e. The van der Waals surface area contributed by atoms with E-state index in [1.807, 2.05) is 20.9 Å². The van der Waals surface area contributed by atoms with Crippen LogP contribution < -0.4 is 0 Å². The van der Waals surface area contributed by atoms with Crippen molar-refractivity contribution in [2.45, 2.75) is 32.9 Å². The van der Waals surface area contributed by atoms with Crippen molar-refractivity contribution in [1.82, 2.24) is 4.90 Å². The van der Waals surface area contributed by atoms with E-state index < -0.39 is 5.60 Å². The second-order valence-electron chi connectivity index (χ2n) is 6.17. The van der Waals surface area contributed by atoms with Crippen LogP contribution in [0.15, 0.2) is 36.4 Å². The van der Waals surface area contributed by atoms with Gasteiger partial charge in [-0.1, -0.05) is 35.9 Å². The highest BCUT2D eigenvalue weighted by molar-refractivity contribution is 5.83. The molecule has 0 fully saturated rings. The summed E-state index contributed by atoms with van der Waals surface area (Å²) in [4.78, 5) is 2.15. The lowest BCUT2D eigenvalue weighted by Gasteiger charge is -2.25. The van der Waals surface area contributed by atoms with Gasteiger partial charge in [0.05, 0.1) is 5.60 Å². The van der Waals surface area contributed by atoms with E-state index in [1.165, 1.54) is 21.9 Å². The average molecular weight is 257 g/mol. The molecule has 0 aliphatic heterocycles. The molecule has 0 heterocycles. The predicted octanol–water partition coefficient (Wildman–Crippen LogP) is 3.35. The van der Waals surface area contributed by atoms with Crippen LogP contribution in [-0.2, 0) is 6.54 Å². The van der Waals surface area contributed by atoms with Crippen molar-refractivity contribution >= 4 is 10.8 Å². The minimum Gasteiger partial charge on any atom is -0.389 e. The molecule has 0 atom stereocenters. The van der Waals surface area contributed by atoms with Gasteiger partial charge in [0.2, 0.25) is 0 Å². The van der Waals surface area contributed by atoms with Crippen LogP contribution in [0.2, 0.25) is 0 Å². The maximum absolute atomic E-state index is 9.83. The molecule has 0 spiro atoms. The second kappa shape index (κ2) is 5.32. The van der Waals surface area contributed by atoms with Crippen LogP contribution in [0, 0.1) is 6.92 Å². The predicted molar refractivity (Wildman–Crippen MR) is 81.3 cm³/mol. The number of aryl methyl sites for hydroxylation is 1. The molecule has 0 radical (unpaired) electrons. The van der Waals surface area contributed by atoms with E-state index in [0.717, 1.165) is 6.54 Å². The zero-order valence-electron chi connectivity index (χ0n) is 12.3. The second-order valence-corrected chi connectivity index (χ2v) is 6.17. The molecule has 0 aliphatic carbocycles. The van der Waals surface area contributed by atoms with Crippen LogP contribution >= 0.6 is 0 Å². The first-order valence-electron chi connectivity index (χ1n) is 6.74. The minimum absolute atomic E-state index is 0.650. The fourth-order valence-corrected chi connectivity index (χ4v) is 2.54. The zero-order valence-corrected chi connectivity index (χ0v) is 12.3. The molecule has 2 heteroatoms. The summed E-state index contributed by atoms with van der Waals surface area (Å²) in [5.74, 6) is 0. The van der Waals surface area contributed by atoms with E-state index >= 15 is 0 Å². The summed E-state index contributed by atoms with van der Waals surface area (Å²) in [5, 5.41) is 12.4. The highest BCUT2D eigenvalue weighted by Gasteiger charge is 2.15. The van der Waals surface area contributed by atoms with E-state index in [0.29, 0.717) is 6.54 Å². The average Bonchev–Trinajstić information content (AvgIpc) is 2.26. The van der Waals surface area contributed by atoms with Crippen LogP contribution in [0.5, 0.6) is 0 Å². The van der Waals surface area contributed by atoms with Crippen LogP contribution in [0.3, 0.4) is 0 Å². The van der Waals surface area contributed by atoms with Crippen molar-refractivity contribution in [2.75, 3.05) is 13.6 Å². The summed E-state index contributed by atoms with van der Waals surface area (Å²) in [6, 6.07) is 13.1. The molecule has 0 bridgehead atoms. The first kappa shape index (κ1) is 14.0.